The molecule has 4 N–H and O–H groups in total. The number of fused-ring (bicyclic) bond motifs is 3. The van der Waals surface area contributed by atoms with Crippen molar-refractivity contribution in [2.45, 2.75) is 38.1 Å². The number of aromatic nitrogens is 2. The quantitative estimate of drug-likeness (QED) is 0.472. The van der Waals surface area contributed by atoms with Gasteiger partial charge in [-0.15, -0.1) is 11.3 Å². The van der Waals surface area contributed by atoms with Crippen LogP contribution in [0, 0.1) is 6.92 Å². The summed E-state index contributed by atoms with van der Waals surface area (Å²) >= 11 is 1.31. The molecule has 2 atom stereocenters. The first-order valence-electron chi connectivity index (χ1n) is 9.52. The van der Waals surface area contributed by atoms with Gasteiger partial charge in [0, 0.05) is 17.0 Å². The van der Waals surface area contributed by atoms with Crippen LogP contribution in [-0.4, -0.2) is 21.1 Å². The van der Waals surface area contributed by atoms with Crippen LogP contribution in [0.5, 0.6) is 5.75 Å². The maximum absolute atomic E-state index is 12.4. The Morgan fingerprint density at radius 2 is 2.04 bits per heavy atom. The first-order chi connectivity index (χ1) is 13.5. The summed E-state index contributed by atoms with van der Waals surface area (Å²) in [4.78, 5) is 19.8. The van der Waals surface area contributed by atoms with Crippen LogP contribution in [-0.2, 0) is 0 Å². The number of aromatic hydroxyl groups is 1. The zero-order valence-electron chi connectivity index (χ0n) is 15.5. The summed E-state index contributed by atoms with van der Waals surface area (Å²) in [5, 5.41) is 11.6. The van der Waals surface area contributed by atoms with Gasteiger partial charge in [0.05, 0.1) is 16.5 Å². The van der Waals surface area contributed by atoms with E-state index in [1.165, 1.54) is 23.3 Å². The molecule has 2 aromatic heterocycles. The molecule has 2 aromatic carbocycles. The molecule has 6 heteroatoms. The van der Waals surface area contributed by atoms with Crippen LogP contribution >= 0.6 is 11.3 Å². The summed E-state index contributed by atoms with van der Waals surface area (Å²) in [6, 6.07) is 10.2. The Bertz CT molecular complexity index is 1260. The van der Waals surface area contributed by atoms with Gasteiger partial charge in [0.1, 0.15) is 10.4 Å². The molecule has 0 aliphatic heterocycles. The summed E-state index contributed by atoms with van der Waals surface area (Å²) < 4.78 is 0.576. The molecular formula is C22H21N3O2S. The molecular weight excluding hydrogens is 370 g/mol. The minimum absolute atomic E-state index is 0.143. The maximum atomic E-state index is 12.4. The molecule has 5 rings (SSSR count). The predicted molar refractivity (Wildman–Crippen MR) is 114 cm³/mol. The van der Waals surface area contributed by atoms with Gasteiger partial charge in [-0.1, -0.05) is 30.7 Å². The summed E-state index contributed by atoms with van der Waals surface area (Å²) in [5.74, 6) is 0.593. The number of pyridine rings is 1. The number of hydrogen-bond donors (Lipinski definition) is 3. The lowest BCUT2D eigenvalue weighted by molar-refractivity contribution is 0.477. The largest absolute Gasteiger partial charge is 0.507 e. The van der Waals surface area contributed by atoms with Gasteiger partial charge in [-0.05, 0) is 48.4 Å². The Kier molecular flexibility index (Phi) is 4.00. The summed E-state index contributed by atoms with van der Waals surface area (Å²) in [5.41, 5.74) is 12.8. The molecule has 1 aliphatic rings. The van der Waals surface area contributed by atoms with Crippen LogP contribution in [0.15, 0.2) is 40.6 Å². The third-order valence-electron chi connectivity index (χ3n) is 5.95. The second kappa shape index (κ2) is 6.43. The van der Waals surface area contributed by atoms with Crippen LogP contribution < -0.4 is 11.3 Å². The number of nitrogens with one attached hydrogen (secondary N) is 1. The molecule has 0 saturated heterocycles. The van der Waals surface area contributed by atoms with Crippen molar-refractivity contribution < 1.29 is 5.11 Å². The fraction of sp³-hybridized carbons (Fsp3) is 0.273. The van der Waals surface area contributed by atoms with E-state index < -0.39 is 0 Å². The van der Waals surface area contributed by atoms with Crippen LogP contribution in [0.25, 0.3) is 32.2 Å². The van der Waals surface area contributed by atoms with Crippen molar-refractivity contribution in [1.82, 2.24) is 9.97 Å². The number of rotatable bonds is 2. The average Bonchev–Trinajstić information content (AvgIpc) is 3.33. The molecule has 0 bridgehead atoms. The number of hydrogen-bond acceptors (Lipinski definition) is 5. The summed E-state index contributed by atoms with van der Waals surface area (Å²) in [7, 11) is 0. The van der Waals surface area contributed by atoms with Gasteiger partial charge in [0.2, 0.25) is 0 Å². The minimum atomic E-state index is -0.143. The molecule has 0 amide bonds. The average molecular weight is 391 g/mol. The molecule has 28 heavy (non-hydrogen) atoms. The van der Waals surface area contributed by atoms with Crippen molar-refractivity contribution in [2.75, 3.05) is 0 Å². The Morgan fingerprint density at radius 3 is 2.75 bits per heavy atom. The van der Waals surface area contributed by atoms with Gasteiger partial charge in [0.15, 0.2) is 0 Å². The van der Waals surface area contributed by atoms with Crippen molar-refractivity contribution in [1.29, 1.82) is 0 Å². The molecule has 0 spiro atoms. The van der Waals surface area contributed by atoms with E-state index in [4.69, 9.17) is 5.73 Å². The predicted octanol–water partition coefficient (Wildman–Crippen LogP) is 4.41. The highest BCUT2D eigenvalue weighted by Gasteiger charge is 2.25. The SMILES string of the molecule is Cc1cc(O)c(-c2ccc([C@@H]3CCC[C@@H]3N)cc2)c2c1[nH]c(=O)c1scnc12. The lowest BCUT2D eigenvalue weighted by Crippen LogP contribution is -2.22. The van der Waals surface area contributed by atoms with Crippen LogP contribution in [0.2, 0.25) is 0 Å². The maximum Gasteiger partial charge on any atom is 0.268 e. The van der Waals surface area contributed by atoms with Gasteiger partial charge < -0.3 is 15.8 Å². The number of nitrogens with zero attached hydrogens (tertiary/aromatic N) is 1. The van der Waals surface area contributed by atoms with E-state index in [1.54, 1.807) is 11.6 Å². The van der Waals surface area contributed by atoms with Gasteiger partial charge in [0.25, 0.3) is 5.56 Å². The van der Waals surface area contributed by atoms with Crippen molar-refractivity contribution >= 4 is 32.5 Å². The smallest absolute Gasteiger partial charge is 0.268 e. The van der Waals surface area contributed by atoms with Crippen LogP contribution in [0.3, 0.4) is 0 Å². The minimum Gasteiger partial charge on any atom is -0.507 e. The lowest BCUT2D eigenvalue weighted by Gasteiger charge is -2.17. The van der Waals surface area contributed by atoms with E-state index >= 15 is 0 Å². The lowest BCUT2D eigenvalue weighted by atomic mass is 9.91. The first-order valence-corrected chi connectivity index (χ1v) is 10.4. The first kappa shape index (κ1) is 17.4. The third kappa shape index (κ3) is 2.56. The molecule has 0 unspecified atom stereocenters. The number of aryl methyl sites for hydroxylation is 1. The topological polar surface area (TPSA) is 92.0 Å². The zero-order chi connectivity index (χ0) is 19.4. The Hall–Kier alpha value is -2.70. The molecule has 0 radical (unpaired) electrons. The summed E-state index contributed by atoms with van der Waals surface area (Å²) in [6.45, 7) is 1.88. The number of thiazole rings is 1. The van der Waals surface area contributed by atoms with Crippen LogP contribution in [0.1, 0.15) is 36.3 Å². The highest BCUT2D eigenvalue weighted by molar-refractivity contribution is 7.16. The van der Waals surface area contributed by atoms with Crippen molar-refractivity contribution in [3.8, 4) is 16.9 Å². The molecule has 142 valence electrons. The molecule has 1 fully saturated rings. The second-order valence-corrected chi connectivity index (χ2v) is 8.50. The molecule has 1 saturated carbocycles. The number of phenolic OH excluding ortho intramolecular Hbond substituents is 1. The molecule has 4 aromatic rings. The van der Waals surface area contributed by atoms with E-state index in [9.17, 15) is 9.90 Å². The van der Waals surface area contributed by atoms with Crippen molar-refractivity contribution in [2.24, 2.45) is 5.73 Å². The number of nitrogens with two attached hydrogens (primary N) is 1. The van der Waals surface area contributed by atoms with E-state index in [2.05, 4.69) is 22.1 Å². The molecule has 5 nitrogen and oxygen atoms in total. The Balaban J connectivity index is 1.75. The highest BCUT2D eigenvalue weighted by atomic mass is 32.1. The number of aromatic amines is 1. The highest BCUT2D eigenvalue weighted by Crippen LogP contribution is 2.41. The van der Waals surface area contributed by atoms with E-state index in [0.29, 0.717) is 21.7 Å². The van der Waals surface area contributed by atoms with Crippen molar-refractivity contribution in [3.05, 3.63) is 57.3 Å². The molecule has 2 heterocycles. The Morgan fingerprint density at radius 1 is 1.25 bits per heavy atom. The normalized spacial score (nSPS) is 19.6. The number of H-pyrrole nitrogens is 1. The monoisotopic (exact) mass is 391 g/mol. The summed E-state index contributed by atoms with van der Waals surface area (Å²) in [6.07, 6.45) is 3.37. The number of benzene rings is 2. The van der Waals surface area contributed by atoms with Gasteiger partial charge >= 0.3 is 0 Å². The van der Waals surface area contributed by atoms with Crippen molar-refractivity contribution in [3.63, 3.8) is 0 Å². The molecule has 1 aliphatic carbocycles. The second-order valence-electron chi connectivity index (χ2n) is 7.65. The van der Waals surface area contributed by atoms with Gasteiger partial charge in [-0.25, -0.2) is 4.98 Å². The zero-order valence-corrected chi connectivity index (χ0v) is 16.3. The van der Waals surface area contributed by atoms with Gasteiger partial charge in [-0.2, -0.15) is 0 Å². The number of phenols is 1. The van der Waals surface area contributed by atoms with E-state index in [-0.39, 0.29) is 17.4 Å². The van der Waals surface area contributed by atoms with Gasteiger partial charge in [-0.3, -0.25) is 4.79 Å². The Labute approximate surface area is 165 Å². The van der Waals surface area contributed by atoms with Crippen LogP contribution in [0.4, 0.5) is 0 Å². The fourth-order valence-corrected chi connectivity index (χ4v) is 5.23. The fourth-order valence-electron chi connectivity index (χ4n) is 4.54. The van der Waals surface area contributed by atoms with E-state index in [1.807, 2.05) is 19.1 Å². The van der Waals surface area contributed by atoms with E-state index in [0.717, 1.165) is 34.9 Å². The standard InChI is InChI=1S/C22H21N3O2S/c1-11-9-16(26)17(18-19(11)25-22(27)21-20(18)24-10-28-21)13-7-5-12(6-8-13)14-3-2-4-15(14)23/h5-10,14-15,26H,2-4,23H2,1H3,(H,25,27)/t14-,15-/m0/s1. The third-order valence-corrected chi connectivity index (χ3v) is 6.77.